The normalized spacial score (nSPS) is 8.17. The molecule has 0 aromatic rings. The van der Waals surface area contributed by atoms with Crippen LogP contribution in [0.2, 0.25) is 0 Å². The van der Waals surface area contributed by atoms with Crippen molar-refractivity contribution in [1.29, 1.82) is 5.41 Å². The van der Waals surface area contributed by atoms with Crippen LogP contribution in [-0.4, -0.2) is 5.90 Å². The molecule has 0 aliphatic rings. The third-order valence-corrected chi connectivity index (χ3v) is 0.477. The average molecular weight is 86.1 g/mol. The van der Waals surface area contributed by atoms with E-state index >= 15 is 0 Å². The zero-order valence-electron chi connectivity index (χ0n) is 3.82. The van der Waals surface area contributed by atoms with E-state index in [1.54, 1.807) is 0 Å². The molecular formula is C4H8NO. The highest BCUT2D eigenvalue weighted by atomic mass is 16.3. The highest BCUT2D eigenvalue weighted by Gasteiger charge is 1.86. The lowest BCUT2D eigenvalue weighted by Crippen LogP contribution is -1.86. The fraction of sp³-hybridized carbons (Fsp3) is 0.750. The highest BCUT2D eigenvalue weighted by molar-refractivity contribution is 5.69. The summed E-state index contributed by atoms with van der Waals surface area (Å²) < 4.78 is 0. The average Bonchev–Trinajstić information content (AvgIpc) is 1.35. The largest absolute Gasteiger partial charge is 0.273 e. The Hall–Kier alpha value is -0.530. The third-order valence-electron chi connectivity index (χ3n) is 0.477. The van der Waals surface area contributed by atoms with E-state index in [1.165, 1.54) is 0 Å². The Morgan fingerprint density at radius 3 is 2.33 bits per heavy atom. The van der Waals surface area contributed by atoms with Crippen molar-refractivity contribution < 1.29 is 5.11 Å². The molecular weight excluding hydrogens is 78.0 g/mol. The molecule has 0 saturated carbocycles. The van der Waals surface area contributed by atoms with Crippen LogP contribution in [0.1, 0.15) is 19.8 Å². The molecule has 0 spiro atoms. The molecule has 0 aromatic carbocycles. The van der Waals surface area contributed by atoms with Crippen molar-refractivity contribution in [3.05, 3.63) is 0 Å². The van der Waals surface area contributed by atoms with Gasteiger partial charge in [-0.3, -0.25) is 10.5 Å². The third kappa shape index (κ3) is 3.47. The SMILES string of the molecule is CCCC(=N)[O]. The first kappa shape index (κ1) is 5.47. The van der Waals surface area contributed by atoms with Crippen LogP contribution in [0.15, 0.2) is 0 Å². The smallest absolute Gasteiger partial charge is 0.238 e. The fourth-order valence-electron chi connectivity index (χ4n) is 0.227. The van der Waals surface area contributed by atoms with Gasteiger partial charge in [0, 0.05) is 6.42 Å². The first-order valence-electron chi connectivity index (χ1n) is 2.01. The molecule has 0 bridgehead atoms. The molecule has 2 nitrogen and oxygen atoms in total. The van der Waals surface area contributed by atoms with Gasteiger partial charge in [0.2, 0.25) is 5.90 Å². The van der Waals surface area contributed by atoms with E-state index < -0.39 is 5.90 Å². The van der Waals surface area contributed by atoms with E-state index in [2.05, 4.69) is 0 Å². The Morgan fingerprint density at radius 1 is 1.83 bits per heavy atom. The molecule has 0 heterocycles. The number of hydrogen-bond donors (Lipinski definition) is 1. The van der Waals surface area contributed by atoms with Gasteiger partial charge in [-0.15, -0.1) is 0 Å². The van der Waals surface area contributed by atoms with Crippen molar-refractivity contribution in [3.63, 3.8) is 0 Å². The summed E-state index contributed by atoms with van der Waals surface area (Å²) in [4.78, 5) is 0. The molecule has 0 fully saturated rings. The lowest BCUT2D eigenvalue weighted by atomic mass is 10.3. The fourth-order valence-corrected chi connectivity index (χ4v) is 0.227. The van der Waals surface area contributed by atoms with E-state index in [4.69, 9.17) is 5.41 Å². The molecule has 0 aromatic heterocycles. The molecule has 1 radical (unpaired) electrons. The first-order chi connectivity index (χ1) is 2.77. The molecule has 35 valence electrons. The van der Waals surface area contributed by atoms with Crippen LogP contribution in [0, 0.1) is 5.41 Å². The van der Waals surface area contributed by atoms with Crippen LogP contribution in [0.25, 0.3) is 0 Å². The second-order valence-electron chi connectivity index (χ2n) is 1.17. The molecule has 0 amide bonds. The molecule has 0 unspecified atom stereocenters. The quantitative estimate of drug-likeness (QED) is 0.387. The summed E-state index contributed by atoms with van der Waals surface area (Å²) in [5, 5.41) is 16.0. The van der Waals surface area contributed by atoms with E-state index in [0.717, 1.165) is 6.42 Å². The number of nitrogens with one attached hydrogen (secondary N) is 1. The lowest BCUT2D eigenvalue weighted by molar-refractivity contribution is 0.406. The minimum atomic E-state index is -0.461. The Kier molecular flexibility index (Phi) is 2.46. The Bertz CT molecular complexity index is 51.5. The van der Waals surface area contributed by atoms with E-state index in [1.807, 2.05) is 6.92 Å². The topological polar surface area (TPSA) is 43.8 Å². The van der Waals surface area contributed by atoms with E-state index in [9.17, 15) is 5.11 Å². The molecule has 0 aliphatic carbocycles. The standard InChI is InChI=1S/C4H8NO/c1-2-3-4(5)6/h5H,2-3H2,1H3. The van der Waals surface area contributed by atoms with Crippen molar-refractivity contribution >= 4 is 5.90 Å². The molecule has 2 heteroatoms. The highest BCUT2D eigenvalue weighted by Crippen LogP contribution is 1.83. The maximum atomic E-state index is 9.71. The molecule has 0 atom stereocenters. The van der Waals surface area contributed by atoms with Gasteiger partial charge in [-0.25, -0.2) is 0 Å². The van der Waals surface area contributed by atoms with Crippen molar-refractivity contribution in [3.8, 4) is 0 Å². The zero-order valence-corrected chi connectivity index (χ0v) is 3.82. The van der Waals surface area contributed by atoms with Gasteiger partial charge in [-0.1, -0.05) is 6.92 Å². The summed E-state index contributed by atoms with van der Waals surface area (Å²) in [5.41, 5.74) is 0. The van der Waals surface area contributed by atoms with Crippen LogP contribution in [0.4, 0.5) is 0 Å². The summed E-state index contributed by atoms with van der Waals surface area (Å²) in [7, 11) is 0. The van der Waals surface area contributed by atoms with Crippen LogP contribution >= 0.6 is 0 Å². The molecule has 0 aliphatic heterocycles. The summed E-state index contributed by atoms with van der Waals surface area (Å²) in [6, 6.07) is 0. The van der Waals surface area contributed by atoms with Gasteiger partial charge in [-0.2, -0.15) is 0 Å². The predicted molar refractivity (Wildman–Crippen MR) is 23.3 cm³/mol. The van der Waals surface area contributed by atoms with Gasteiger partial charge in [0.25, 0.3) is 0 Å². The minimum Gasteiger partial charge on any atom is -0.273 e. The zero-order chi connectivity index (χ0) is 4.99. The van der Waals surface area contributed by atoms with Gasteiger partial charge in [0.1, 0.15) is 0 Å². The second kappa shape index (κ2) is 2.69. The van der Waals surface area contributed by atoms with Crippen molar-refractivity contribution in [2.75, 3.05) is 0 Å². The Balaban J connectivity index is 2.83. The van der Waals surface area contributed by atoms with Gasteiger partial charge in [-0.05, 0) is 6.42 Å². The maximum absolute atomic E-state index is 9.71. The summed E-state index contributed by atoms with van der Waals surface area (Å²) in [5.74, 6) is -0.461. The van der Waals surface area contributed by atoms with Crippen molar-refractivity contribution in [2.45, 2.75) is 19.8 Å². The Labute approximate surface area is 37.3 Å². The van der Waals surface area contributed by atoms with Gasteiger partial charge in [0.15, 0.2) is 0 Å². The summed E-state index contributed by atoms with van der Waals surface area (Å²) in [6.07, 6.45) is 1.20. The lowest BCUT2D eigenvalue weighted by Gasteiger charge is -1.79. The van der Waals surface area contributed by atoms with Crippen LogP contribution in [-0.2, 0) is 5.11 Å². The van der Waals surface area contributed by atoms with Gasteiger partial charge < -0.3 is 0 Å². The van der Waals surface area contributed by atoms with Crippen LogP contribution < -0.4 is 0 Å². The van der Waals surface area contributed by atoms with Gasteiger partial charge >= 0.3 is 0 Å². The number of rotatable bonds is 2. The monoisotopic (exact) mass is 86.1 g/mol. The van der Waals surface area contributed by atoms with Gasteiger partial charge in [0.05, 0.1) is 0 Å². The van der Waals surface area contributed by atoms with E-state index in [-0.39, 0.29) is 0 Å². The molecule has 0 rings (SSSR count). The van der Waals surface area contributed by atoms with Crippen molar-refractivity contribution in [1.82, 2.24) is 0 Å². The maximum Gasteiger partial charge on any atom is 0.238 e. The summed E-state index contributed by atoms with van der Waals surface area (Å²) in [6.45, 7) is 1.88. The van der Waals surface area contributed by atoms with Crippen molar-refractivity contribution in [2.24, 2.45) is 0 Å². The second-order valence-corrected chi connectivity index (χ2v) is 1.17. The van der Waals surface area contributed by atoms with E-state index in [0.29, 0.717) is 6.42 Å². The molecule has 1 N–H and O–H groups in total. The minimum absolute atomic E-state index is 0.403. The Morgan fingerprint density at radius 2 is 2.33 bits per heavy atom. The summed E-state index contributed by atoms with van der Waals surface area (Å²) >= 11 is 0. The molecule has 6 heavy (non-hydrogen) atoms. The first-order valence-corrected chi connectivity index (χ1v) is 2.01. The van der Waals surface area contributed by atoms with Crippen LogP contribution in [0.3, 0.4) is 0 Å². The predicted octanol–water partition coefficient (Wildman–Crippen LogP) is 1.19. The number of hydrogen-bond acceptors (Lipinski definition) is 1. The molecule has 0 saturated heterocycles. The van der Waals surface area contributed by atoms with Crippen LogP contribution in [0.5, 0.6) is 0 Å².